The molecule has 0 bridgehead atoms. The summed E-state index contributed by atoms with van der Waals surface area (Å²) in [6.07, 6.45) is -1.01. The Morgan fingerprint density at radius 3 is 1.78 bits per heavy atom. The molecule has 0 radical (unpaired) electrons. The van der Waals surface area contributed by atoms with Crippen molar-refractivity contribution in [1.29, 1.82) is 0 Å². The average Bonchev–Trinajstić information content (AvgIpc) is 1.68. The minimum absolute atomic E-state index is 0.685. The number of carbonyl (C=O) groups is 1. The molecule has 0 spiro atoms. The molecule has 0 aromatic heterocycles. The summed E-state index contributed by atoms with van der Waals surface area (Å²) in [6.45, 7) is 5.63. The molecule has 3 N–H and O–H groups in total. The standard InChI is InChI=1S/C3H7NO2.C2H7P/c1-2(5)3(4)6;1-3-2/h2,5H,1H3,(H2,4,6);3H,1-2H3. The number of rotatable bonds is 1. The number of amides is 1. The summed E-state index contributed by atoms with van der Waals surface area (Å²) in [5, 5.41) is 8.16. The van der Waals surface area contributed by atoms with Gasteiger partial charge in [-0.15, -0.1) is 8.58 Å². The molecular weight excluding hydrogens is 137 g/mol. The van der Waals surface area contributed by atoms with Gasteiger partial charge in [-0.3, -0.25) is 4.79 Å². The van der Waals surface area contributed by atoms with E-state index in [1.54, 1.807) is 0 Å². The highest BCUT2D eigenvalue weighted by atomic mass is 31.1. The number of hydrogen-bond donors (Lipinski definition) is 2. The monoisotopic (exact) mass is 151 g/mol. The van der Waals surface area contributed by atoms with Crippen LogP contribution in [0.5, 0.6) is 0 Å². The lowest BCUT2D eigenvalue weighted by Gasteiger charge is -1.90. The van der Waals surface area contributed by atoms with E-state index in [0.717, 1.165) is 8.58 Å². The number of primary amides is 1. The molecule has 0 aliphatic carbocycles. The fourth-order valence-corrected chi connectivity index (χ4v) is 0. The fraction of sp³-hybridized carbons (Fsp3) is 0.800. The normalized spacial score (nSPS) is 11.1. The van der Waals surface area contributed by atoms with E-state index in [1.165, 1.54) is 6.92 Å². The summed E-state index contributed by atoms with van der Waals surface area (Å²) in [6, 6.07) is 0. The first-order chi connectivity index (χ1) is 4.06. The molecule has 0 heterocycles. The number of aliphatic hydroxyl groups excluding tert-OH is 1. The van der Waals surface area contributed by atoms with Crippen molar-refractivity contribution in [3.63, 3.8) is 0 Å². The molecule has 0 aliphatic heterocycles. The third-order valence-corrected chi connectivity index (χ3v) is 0.412. The van der Waals surface area contributed by atoms with Crippen molar-refractivity contribution in [3.8, 4) is 0 Å². The van der Waals surface area contributed by atoms with Gasteiger partial charge in [0.05, 0.1) is 0 Å². The van der Waals surface area contributed by atoms with Gasteiger partial charge in [0.2, 0.25) is 5.91 Å². The Morgan fingerprint density at radius 2 is 1.78 bits per heavy atom. The zero-order chi connectivity index (χ0) is 7.86. The van der Waals surface area contributed by atoms with Crippen LogP contribution in [-0.4, -0.2) is 30.4 Å². The van der Waals surface area contributed by atoms with Crippen LogP contribution in [0.3, 0.4) is 0 Å². The number of hydrogen-bond acceptors (Lipinski definition) is 2. The Balaban J connectivity index is 0. The highest BCUT2D eigenvalue weighted by Crippen LogP contribution is 1.84. The van der Waals surface area contributed by atoms with E-state index in [2.05, 4.69) is 19.1 Å². The van der Waals surface area contributed by atoms with Crippen molar-refractivity contribution in [1.82, 2.24) is 0 Å². The molecule has 0 fully saturated rings. The summed E-state index contributed by atoms with van der Waals surface area (Å²) in [5.74, 6) is -0.685. The molecule has 1 atom stereocenters. The molecule has 0 saturated carbocycles. The van der Waals surface area contributed by atoms with Crippen molar-refractivity contribution in [3.05, 3.63) is 0 Å². The third-order valence-electron chi connectivity index (χ3n) is 0.412. The van der Waals surface area contributed by atoms with Crippen LogP contribution in [0.2, 0.25) is 0 Å². The van der Waals surface area contributed by atoms with E-state index in [9.17, 15) is 4.79 Å². The average molecular weight is 151 g/mol. The Morgan fingerprint density at radius 1 is 1.67 bits per heavy atom. The molecule has 0 aromatic rings. The summed E-state index contributed by atoms with van der Waals surface area (Å²) in [5.41, 5.74) is 4.55. The topological polar surface area (TPSA) is 63.3 Å². The van der Waals surface area contributed by atoms with Gasteiger partial charge in [-0.25, -0.2) is 0 Å². The highest BCUT2D eigenvalue weighted by molar-refractivity contribution is 7.35. The second kappa shape index (κ2) is 7.86. The first kappa shape index (κ1) is 11.6. The molecule has 1 amide bonds. The van der Waals surface area contributed by atoms with Crippen LogP contribution in [-0.2, 0) is 4.79 Å². The van der Waals surface area contributed by atoms with Gasteiger partial charge in [0.1, 0.15) is 6.10 Å². The Labute approximate surface area is 57.4 Å². The lowest BCUT2D eigenvalue weighted by molar-refractivity contribution is -0.125. The van der Waals surface area contributed by atoms with Gasteiger partial charge in [-0.1, -0.05) is 0 Å². The molecule has 0 aliphatic rings. The minimum Gasteiger partial charge on any atom is -0.384 e. The first-order valence-electron chi connectivity index (χ1n) is 2.62. The zero-order valence-electron chi connectivity index (χ0n) is 6.01. The van der Waals surface area contributed by atoms with Gasteiger partial charge in [0.25, 0.3) is 0 Å². The summed E-state index contributed by atoms with van der Waals surface area (Å²) >= 11 is 0. The van der Waals surface area contributed by atoms with Crippen molar-refractivity contribution < 1.29 is 9.90 Å². The molecule has 1 unspecified atom stereocenters. The van der Waals surface area contributed by atoms with Crippen molar-refractivity contribution in [2.45, 2.75) is 13.0 Å². The lowest BCUT2D eigenvalue weighted by atomic mass is 10.4. The van der Waals surface area contributed by atoms with Gasteiger partial charge in [0.15, 0.2) is 0 Å². The molecular formula is C5H14NO2P. The van der Waals surface area contributed by atoms with Gasteiger partial charge in [-0.2, -0.15) is 0 Å². The molecule has 0 rings (SSSR count). The van der Waals surface area contributed by atoms with Gasteiger partial charge in [-0.05, 0) is 20.3 Å². The molecule has 56 valence electrons. The van der Waals surface area contributed by atoms with E-state index in [0.29, 0.717) is 0 Å². The van der Waals surface area contributed by atoms with Crippen LogP contribution in [0.4, 0.5) is 0 Å². The van der Waals surface area contributed by atoms with Crippen LogP contribution < -0.4 is 5.73 Å². The molecule has 0 aromatic carbocycles. The van der Waals surface area contributed by atoms with Gasteiger partial charge in [0, 0.05) is 0 Å². The van der Waals surface area contributed by atoms with E-state index < -0.39 is 12.0 Å². The Hall–Kier alpha value is -0.140. The maximum absolute atomic E-state index is 9.67. The number of nitrogens with two attached hydrogens (primary N) is 1. The van der Waals surface area contributed by atoms with Crippen LogP contribution in [0, 0.1) is 0 Å². The van der Waals surface area contributed by atoms with Crippen molar-refractivity contribution in [2.75, 3.05) is 13.3 Å². The first-order valence-corrected chi connectivity index (χ1v) is 4.62. The highest BCUT2D eigenvalue weighted by Gasteiger charge is 1.98. The summed E-state index contributed by atoms with van der Waals surface area (Å²) in [7, 11) is 1.08. The molecule has 3 nitrogen and oxygen atoms in total. The number of aliphatic hydroxyl groups is 1. The second-order valence-corrected chi connectivity index (χ2v) is 2.58. The molecule has 4 heteroatoms. The fourth-order valence-electron chi connectivity index (χ4n) is 0. The van der Waals surface area contributed by atoms with Crippen LogP contribution in [0.25, 0.3) is 0 Å². The quantitative estimate of drug-likeness (QED) is 0.509. The molecule has 0 saturated heterocycles. The number of carbonyl (C=O) groups excluding carboxylic acids is 1. The van der Waals surface area contributed by atoms with Gasteiger partial charge < -0.3 is 10.8 Å². The summed E-state index contributed by atoms with van der Waals surface area (Å²) < 4.78 is 0. The Bertz CT molecular complexity index is 75.4. The van der Waals surface area contributed by atoms with E-state index in [4.69, 9.17) is 5.11 Å². The van der Waals surface area contributed by atoms with Gasteiger partial charge >= 0.3 is 0 Å². The van der Waals surface area contributed by atoms with Crippen molar-refractivity contribution in [2.24, 2.45) is 5.73 Å². The van der Waals surface area contributed by atoms with Crippen LogP contribution in [0.1, 0.15) is 6.92 Å². The summed E-state index contributed by atoms with van der Waals surface area (Å²) in [4.78, 5) is 9.67. The SMILES string of the molecule is CC(O)C(N)=O.CPC. The van der Waals surface area contributed by atoms with Crippen molar-refractivity contribution >= 4 is 14.5 Å². The van der Waals surface area contributed by atoms with E-state index in [-0.39, 0.29) is 0 Å². The Kier molecular flexibility index (Phi) is 10.2. The smallest absolute Gasteiger partial charge is 0.245 e. The predicted molar refractivity (Wildman–Crippen MR) is 41.0 cm³/mol. The largest absolute Gasteiger partial charge is 0.384 e. The van der Waals surface area contributed by atoms with E-state index >= 15 is 0 Å². The zero-order valence-corrected chi connectivity index (χ0v) is 7.01. The van der Waals surface area contributed by atoms with Crippen LogP contribution in [0.15, 0.2) is 0 Å². The maximum atomic E-state index is 9.67. The second-order valence-electron chi connectivity index (χ2n) is 1.58. The van der Waals surface area contributed by atoms with Crippen LogP contribution >= 0.6 is 8.58 Å². The predicted octanol–water partition coefficient (Wildman–Crippen LogP) is -0.223. The maximum Gasteiger partial charge on any atom is 0.245 e. The third kappa shape index (κ3) is 18.1. The minimum atomic E-state index is -1.01. The lowest BCUT2D eigenvalue weighted by Crippen LogP contribution is -2.24. The van der Waals surface area contributed by atoms with E-state index in [1.807, 2.05) is 0 Å². The molecule has 9 heavy (non-hydrogen) atoms.